The van der Waals surface area contributed by atoms with Crippen molar-refractivity contribution in [3.8, 4) is 11.5 Å². The fraction of sp³-hybridized carbons (Fsp3) is 0.417. The summed E-state index contributed by atoms with van der Waals surface area (Å²) in [6.07, 6.45) is 2.95. The molecule has 0 unspecified atom stereocenters. The highest BCUT2D eigenvalue weighted by atomic mass is 32.2. The molecular weight excluding hydrogens is 458 g/mol. The van der Waals surface area contributed by atoms with Crippen LogP contribution in [-0.4, -0.2) is 63.4 Å². The van der Waals surface area contributed by atoms with Crippen molar-refractivity contribution in [2.45, 2.75) is 36.6 Å². The van der Waals surface area contributed by atoms with E-state index in [0.717, 1.165) is 19.3 Å². The second-order valence-corrected chi connectivity index (χ2v) is 10.6. The van der Waals surface area contributed by atoms with Gasteiger partial charge in [-0.15, -0.1) is 0 Å². The molecule has 0 saturated carbocycles. The number of nitrogens with one attached hydrogen (secondary N) is 1. The highest BCUT2D eigenvalue weighted by Crippen LogP contribution is 2.35. The van der Waals surface area contributed by atoms with Crippen LogP contribution >= 0.6 is 0 Å². The summed E-state index contributed by atoms with van der Waals surface area (Å²) in [7, 11) is -3.55. The molecule has 3 aliphatic heterocycles. The third kappa shape index (κ3) is 4.47. The Bertz CT molecular complexity index is 1190. The van der Waals surface area contributed by atoms with Gasteiger partial charge >= 0.3 is 0 Å². The Labute approximate surface area is 198 Å². The van der Waals surface area contributed by atoms with Gasteiger partial charge in [0.2, 0.25) is 15.9 Å². The number of fused-ring (bicyclic) bond motifs is 1. The smallest absolute Gasteiger partial charge is 0.251 e. The molecule has 0 radical (unpaired) electrons. The first-order valence-corrected chi connectivity index (χ1v) is 13.0. The molecule has 10 heteroatoms. The summed E-state index contributed by atoms with van der Waals surface area (Å²) >= 11 is 0. The number of carbonyl (C=O) groups is 2. The van der Waals surface area contributed by atoms with Gasteiger partial charge in [0.25, 0.3) is 5.91 Å². The number of benzene rings is 2. The maximum absolute atomic E-state index is 12.8. The van der Waals surface area contributed by atoms with Crippen molar-refractivity contribution in [2.24, 2.45) is 0 Å². The molecule has 2 aromatic rings. The van der Waals surface area contributed by atoms with Crippen molar-refractivity contribution in [1.29, 1.82) is 0 Å². The predicted molar refractivity (Wildman–Crippen MR) is 125 cm³/mol. The molecule has 1 N–H and O–H groups in total. The van der Waals surface area contributed by atoms with Crippen LogP contribution in [0.4, 0.5) is 5.69 Å². The van der Waals surface area contributed by atoms with Crippen molar-refractivity contribution in [2.75, 3.05) is 37.7 Å². The average Bonchev–Trinajstić information content (AvgIpc) is 3.24. The van der Waals surface area contributed by atoms with E-state index in [0.29, 0.717) is 55.6 Å². The number of hydrogen-bond donors (Lipinski definition) is 1. The molecule has 2 amide bonds. The van der Waals surface area contributed by atoms with Gasteiger partial charge in [0.05, 0.1) is 10.9 Å². The quantitative estimate of drug-likeness (QED) is 0.696. The second-order valence-electron chi connectivity index (χ2n) is 8.70. The van der Waals surface area contributed by atoms with Crippen LogP contribution in [0.2, 0.25) is 0 Å². The molecule has 3 heterocycles. The summed E-state index contributed by atoms with van der Waals surface area (Å²) in [6, 6.07) is 11.0. The SMILES string of the molecule is O=C(N[C@H]1CC(=O)N(c2ccc3c(c2)OCCO3)C1)c1ccc(S(=O)(=O)N2CCCCC2)cc1. The molecular formula is C24H27N3O6S. The highest BCUT2D eigenvalue weighted by molar-refractivity contribution is 7.89. The molecule has 0 aromatic heterocycles. The number of amides is 2. The first-order chi connectivity index (χ1) is 16.4. The number of piperidine rings is 1. The van der Waals surface area contributed by atoms with Crippen LogP contribution < -0.4 is 19.7 Å². The van der Waals surface area contributed by atoms with Gasteiger partial charge in [-0.2, -0.15) is 4.31 Å². The van der Waals surface area contributed by atoms with E-state index < -0.39 is 10.0 Å². The largest absolute Gasteiger partial charge is 0.486 e. The molecule has 3 aliphatic rings. The number of ether oxygens (including phenoxy) is 2. The Kier molecular flexibility index (Phi) is 6.18. The van der Waals surface area contributed by atoms with Gasteiger partial charge in [0, 0.05) is 43.4 Å². The van der Waals surface area contributed by atoms with Gasteiger partial charge in [0.1, 0.15) is 13.2 Å². The lowest BCUT2D eigenvalue weighted by Crippen LogP contribution is -2.37. The lowest BCUT2D eigenvalue weighted by atomic mass is 10.2. The van der Waals surface area contributed by atoms with Gasteiger partial charge in [-0.1, -0.05) is 6.42 Å². The molecule has 180 valence electrons. The molecule has 9 nitrogen and oxygen atoms in total. The lowest BCUT2D eigenvalue weighted by molar-refractivity contribution is -0.117. The standard InChI is InChI=1S/C24H27N3O6S/c28-23-14-18(16-27(23)19-6-9-21-22(15-19)33-13-12-32-21)25-24(29)17-4-7-20(8-5-17)34(30,31)26-10-2-1-3-11-26/h4-9,15,18H,1-3,10-14,16H2,(H,25,29)/t18-/m0/s1. The minimum Gasteiger partial charge on any atom is -0.486 e. The third-order valence-electron chi connectivity index (χ3n) is 6.37. The van der Waals surface area contributed by atoms with Crippen LogP contribution in [0.5, 0.6) is 11.5 Å². The molecule has 0 spiro atoms. The van der Waals surface area contributed by atoms with E-state index in [1.165, 1.54) is 28.6 Å². The van der Waals surface area contributed by atoms with Gasteiger partial charge in [-0.25, -0.2) is 8.42 Å². The lowest BCUT2D eigenvalue weighted by Gasteiger charge is -2.25. The molecule has 5 rings (SSSR count). The van der Waals surface area contributed by atoms with Gasteiger partial charge in [-0.3, -0.25) is 9.59 Å². The Hall–Kier alpha value is -3.11. The second kappa shape index (κ2) is 9.27. The molecule has 1 atom stereocenters. The highest BCUT2D eigenvalue weighted by Gasteiger charge is 2.33. The molecule has 2 saturated heterocycles. The molecule has 2 fully saturated rings. The maximum atomic E-state index is 12.8. The predicted octanol–water partition coefficient (Wildman–Crippen LogP) is 2.17. The van der Waals surface area contributed by atoms with Crippen molar-refractivity contribution in [3.63, 3.8) is 0 Å². The van der Waals surface area contributed by atoms with E-state index in [-0.39, 0.29) is 29.2 Å². The summed E-state index contributed by atoms with van der Waals surface area (Å²) in [5.74, 6) is 0.814. The minimum atomic E-state index is -3.55. The number of hydrogen-bond acceptors (Lipinski definition) is 6. The fourth-order valence-electron chi connectivity index (χ4n) is 4.56. The van der Waals surface area contributed by atoms with Crippen molar-refractivity contribution < 1.29 is 27.5 Å². The molecule has 2 aromatic carbocycles. The van der Waals surface area contributed by atoms with Crippen LogP contribution in [0, 0.1) is 0 Å². The van der Waals surface area contributed by atoms with E-state index in [9.17, 15) is 18.0 Å². The Morgan fingerprint density at radius 2 is 1.65 bits per heavy atom. The van der Waals surface area contributed by atoms with Gasteiger partial charge < -0.3 is 19.7 Å². The maximum Gasteiger partial charge on any atom is 0.251 e. The third-order valence-corrected chi connectivity index (χ3v) is 8.28. The van der Waals surface area contributed by atoms with Crippen molar-refractivity contribution in [3.05, 3.63) is 48.0 Å². The molecule has 34 heavy (non-hydrogen) atoms. The summed E-state index contributed by atoms with van der Waals surface area (Å²) in [4.78, 5) is 27.2. The van der Waals surface area contributed by atoms with Crippen LogP contribution in [-0.2, 0) is 14.8 Å². The number of nitrogens with zero attached hydrogens (tertiary/aromatic N) is 2. The topological polar surface area (TPSA) is 105 Å². The number of rotatable bonds is 5. The Morgan fingerprint density at radius 3 is 2.38 bits per heavy atom. The zero-order chi connectivity index (χ0) is 23.7. The molecule has 0 aliphatic carbocycles. The van der Waals surface area contributed by atoms with Gasteiger partial charge in [-0.05, 0) is 49.2 Å². The zero-order valence-corrected chi connectivity index (χ0v) is 19.6. The van der Waals surface area contributed by atoms with Gasteiger partial charge in [0.15, 0.2) is 11.5 Å². The number of carbonyl (C=O) groups excluding carboxylic acids is 2. The van der Waals surface area contributed by atoms with E-state index in [1.54, 1.807) is 23.1 Å². The van der Waals surface area contributed by atoms with E-state index in [1.807, 2.05) is 0 Å². The minimum absolute atomic E-state index is 0.0926. The normalized spacial score (nSPS) is 20.9. The van der Waals surface area contributed by atoms with Crippen LogP contribution in [0.25, 0.3) is 0 Å². The zero-order valence-electron chi connectivity index (χ0n) is 18.7. The van der Waals surface area contributed by atoms with Crippen molar-refractivity contribution in [1.82, 2.24) is 9.62 Å². The average molecular weight is 486 g/mol. The Morgan fingerprint density at radius 1 is 0.941 bits per heavy atom. The summed E-state index contributed by atoms with van der Waals surface area (Å²) < 4.78 is 38.3. The molecule has 0 bridgehead atoms. The van der Waals surface area contributed by atoms with Crippen LogP contribution in [0.15, 0.2) is 47.4 Å². The first-order valence-electron chi connectivity index (χ1n) is 11.5. The van der Waals surface area contributed by atoms with E-state index in [4.69, 9.17) is 9.47 Å². The number of sulfonamides is 1. The van der Waals surface area contributed by atoms with E-state index in [2.05, 4.69) is 5.32 Å². The van der Waals surface area contributed by atoms with Crippen LogP contribution in [0.1, 0.15) is 36.0 Å². The summed E-state index contributed by atoms with van der Waals surface area (Å²) in [5, 5.41) is 2.89. The first kappa shape index (κ1) is 22.7. The fourth-order valence-corrected chi connectivity index (χ4v) is 6.07. The number of anilines is 1. The summed E-state index contributed by atoms with van der Waals surface area (Å²) in [5.41, 5.74) is 1.04. The Balaban J connectivity index is 1.23. The van der Waals surface area contributed by atoms with Crippen LogP contribution in [0.3, 0.4) is 0 Å². The van der Waals surface area contributed by atoms with E-state index >= 15 is 0 Å². The summed E-state index contributed by atoms with van der Waals surface area (Å²) in [6.45, 7) is 2.35. The monoisotopic (exact) mass is 485 g/mol. The van der Waals surface area contributed by atoms with Crippen molar-refractivity contribution >= 4 is 27.5 Å².